The number of hydrogen-bond acceptors (Lipinski definition) is 3. The summed E-state index contributed by atoms with van der Waals surface area (Å²) in [6.07, 6.45) is 0. The van der Waals surface area contributed by atoms with Crippen molar-refractivity contribution in [3.05, 3.63) is 23.8 Å². The minimum Gasteiger partial charge on any atom is -0.495 e. The van der Waals surface area contributed by atoms with E-state index in [1.807, 2.05) is 12.1 Å². The fraction of sp³-hybridized carbons (Fsp3) is 0.500. The maximum atomic E-state index is 5.27. The molecule has 0 aliphatic heterocycles. The van der Waals surface area contributed by atoms with Crippen LogP contribution in [-0.2, 0) is 0 Å². The molecule has 3 heteroatoms. The second-order valence-corrected chi connectivity index (χ2v) is 3.48. The van der Waals surface area contributed by atoms with E-state index in [1.165, 1.54) is 5.56 Å². The Kier molecular flexibility index (Phi) is 4.98. The summed E-state index contributed by atoms with van der Waals surface area (Å²) < 4.78 is 5.27. The van der Waals surface area contributed by atoms with Crippen LogP contribution in [0.2, 0.25) is 0 Å². The van der Waals surface area contributed by atoms with E-state index >= 15 is 0 Å². The van der Waals surface area contributed by atoms with Gasteiger partial charge in [-0.3, -0.25) is 0 Å². The number of ether oxygens (including phenoxy) is 1. The van der Waals surface area contributed by atoms with E-state index < -0.39 is 0 Å². The number of hydrogen-bond donors (Lipinski definition) is 2. The van der Waals surface area contributed by atoms with E-state index in [0.717, 1.165) is 31.1 Å². The smallest absolute Gasteiger partial charge is 0.141 e. The molecule has 0 radical (unpaired) electrons. The molecule has 0 aromatic heterocycles. The van der Waals surface area contributed by atoms with Gasteiger partial charge in [0.2, 0.25) is 0 Å². The van der Waals surface area contributed by atoms with Crippen LogP contribution < -0.4 is 15.4 Å². The molecular weight excluding hydrogens is 188 g/mol. The molecule has 0 aliphatic carbocycles. The predicted molar refractivity (Wildman–Crippen MR) is 64.8 cm³/mol. The van der Waals surface area contributed by atoms with Gasteiger partial charge in [-0.25, -0.2) is 0 Å². The molecule has 1 aromatic carbocycles. The molecule has 1 rings (SSSR count). The predicted octanol–water partition coefficient (Wildman–Crippen LogP) is 2.03. The van der Waals surface area contributed by atoms with Gasteiger partial charge in [0.05, 0.1) is 12.8 Å². The Morgan fingerprint density at radius 1 is 1.27 bits per heavy atom. The third-order valence-electron chi connectivity index (χ3n) is 2.22. The van der Waals surface area contributed by atoms with Crippen LogP contribution in [0.25, 0.3) is 0 Å². The third kappa shape index (κ3) is 3.80. The van der Waals surface area contributed by atoms with Gasteiger partial charge in [0.1, 0.15) is 5.75 Å². The molecule has 3 nitrogen and oxygen atoms in total. The van der Waals surface area contributed by atoms with Gasteiger partial charge in [-0.05, 0) is 31.2 Å². The Balaban J connectivity index is 2.54. The maximum absolute atomic E-state index is 5.27. The molecule has 84 valence electrons. The van der Waals surface area contributed by atoms with Gasteiger partial charge < -0.3 is 15.4 Å². The largest absolute Gasteiger partial charge is 0.495 e. The van der Waals surface area contributed by atoms with Crippen molar-refractivity contribution in [3.8, 4) is 5.75 Å². The molecule has 2 N–H and O–H groups in total. The van der Waals surface area contributed by atoms with E-state index in [-0.39, 0.29) is 0 Å². The van der Waals surface area contributed by atoms with Gasteiger partial charge in [-0.15, -0.1) is 0 Å². The minimum atomic E-state index is 0.900. The number of methoxy groups -OCH3 is 1. The molecule has 15 heavy (non-hydrogen) atoms. The van der Waals surface area contributed by atoms with Gasteiger partial charge >= 0.3 is 0 Å². The molecular formula is C12H20N2O. The first-order valence-electron chi connectivity index (χ1n) is 5.37. The van der Waals surface area contributed by atoms with Crippen molar-refractivity contribution >= 4 is 5.69 Å². The summed E-state index contributed by atoms with van der Waals surface area (Å²) >= 11 is 0. The Bertz CT molecular complexity index is 300. The lowest BCUT2D eigenvalue weighted by Crippen LogP contribution is -2.21. The highest BCUT2D eigenvalue weighted by atomic mass is 16.5. The molecule has 0 fully saturated rings. The summed E-state index contributed by atoms with van der Waals surface area (Å²) in [4.78, 5) is 0. The van der Waals surface area contributed by atoms with Crippen LogP contribution in [0.15, 0.2) is 18.2 Å². The zero-order chi connectivity index (χ0) is 11.1. The van der Waals surface area contributed by atoms with E-state index in [4.69, 9.17) is 4.74 Å². The van der Waals surface area contributed by atoms with Crippen LogP contribution in [0, 0.1) is 6.92 Å². The molecule has 0 bridgehead atoms. The monoisotopic (exact) mass is 208 g/mol. The molecule has 1 aromatic rings. The van der Waals surface area contributed by atoms with Crippen LogP contribution in [0.3, 0.4) is 0 Å². The maximum Gasteiger partial charge on any atom is 0.141 e. The average Bonchev–Trinajstić information content (AvgIpc) is 2.25. The van der Waals surface area contributed by atoms with Crippen LogP contribution in [0.4, 0.5) is 5.69 Å². The number of anilines is 1. The standard InChI is InChI=1S/C12H20N2O/c1-4-13-7-8-14-11-9-10(2)5-6-12(11)15-3/h5-6,9,13-14H,4,7-8H2,1-3H3. The van der Waals surface area contributed by atoms with Gasteiger partial charge in [0.25, 0.3) is 0 Å². The van der Waals surface area contributed by atoms with Gasteiger partial charge in [-0.2, -0.15) is 0 Å². The summed E-state index contributed by atoms with van der Waals surface area (Å²) in [5.74, 6) is 0.900. The quantitative estimate of drug-likeness (QED) is 0.702. The highest BCUT2D eigenvalue weighted by molar-refractivity contribution is 5.57. The van der Waals surface area contributed by atoms with E-state index in [0.29, 0.717) is 0 Å². The second kappa shape index (κ2) is 6.30. The lowest BCUT2D eigenvalue weighted by molar-refractivity contribution is 0.416. The summed E-state index contributed by atoms with van der Waals surface area (Å²) in [7, 11) is 1.69. The summed E-state index contributed by atoms with van der Waals surface area (Å²) in [6.45, 7) is 7.07. The average molecular weight is 208 g/mol. The van der Waals surface area contributed by atoms with Crippen molar-refractivity contribution in [1.82, 2.24) is 5.32 Å². The molecule has 0 aliphatic rings. The van der Waals surface area contributed by atoms with E-state index in [2.05, 4.69) is 30.5 Å². The highest BCUT2D eigenvalue weighted by Gasteiger charge is 2.01. The lowest BCUT2D eigenvalue weighted by Gasteiger charge is -2.11. The van der Waals surface area contributed by atoms with Crippen LogP contribution in [-0.4, -0.2) is 26.7 Å². The van der Waals surface area contributed by atoms with E-state index in [9.17, 15) is 0 Å². The Hall–Kier alpha value is -1.22. The Labute approximate surface area is 91.8 Å². The molecule has 0 unspecified atom stereocenters. The number of nitrogens with one attached hydrogen (secondary N) is 2. The first kappa shape index (κ1) is 11.9. The lowest BCUT2D eigenvalue weighted by atomic mass is 10.2. The van der Waals surface area contributed by atoms with E-state index in [1.54, 1.807) is 7.11 Å². The molecule has 0 spiro atoms. The molecule has 0 heterocycles. The van der Waals surface area contributed by atoms with Crippen LogP contribution in [0.1, 0.15) is 12.5 Å². The van der Waals surface area contributed by atoms with Crippen molar-refractivity contribution in [1.29, 1.82) is 0 Å². The summed E-state index contributed by atoms with van der Waals surface area (Å²) in [6, 6.07) is 6.14. The Morgan fingerprint density at radius 2 is 2.07 bits per heavy atom. The fourth-order valence-corrected chi connectivity index (χ4v) is 1.42. The normalized spacial score (nSPS) is 10.1. The van der Waals surface area contributed by atoms with Crippen molar-refractivity contribution in [3.63, 3.8) is 0 Å². The van der Waals surface area contributed by atoms with Gasteiger partial charge in [0.15, 0.2) is 0 Å². The zero-order valence-electron chi connectivity index (χ0n) is 9.76. The third-order valence-corrected chi connectivity index (χ3v) is 2.22. The number of benzene rings is 1. The van der Waals surface area contributed by atoms with Crippen molar-refractivity contribution in [2.75, 3.05) is 32.1 Å². The van der Waals surface area contributed by atoms with Crippen molar-refractivity contribution < 1.29 is 4.74 Å². The fourth-order valence-electron chi connectivity index (χ4n) is 1.42. The van der Waals surface area contributed by atoms with Crippen molar-refractivity contribution in [2.45, 2.75) is 13.8 Å². The topological polar surface area (TPSA) is 33.3 Å². The highest BCUT2D eigenvalue weighted by Crippen LogP contribution is 2.24. The zero-order valence-corrected chi connectivity index (χ0v) is 9.76. The summed E-state index contributed by atoms with van der Waals surface area (Å²) in [5, 5.41) is 6.62. The molecule has 0 saturated heterocycles. The minimum absolute atomic E-state index is 0.900. The van der Waals surface area contributed by atoms with Crippen molar-refractivity contribution in [2.24, 2.45) is 0 Å². The number of rotatable bonds is 6. The Morgan fingerprint density at radius 3 is 2.73 bits per heavy atom. The molecule has 0 saturated carbocycles. The number of likely N-dealkylation sites (N-methyl/N-ethyl adjacent to an activating group) is 1. The van der Waals surface area contributed by atoms with Gasteiger partial charge in [-0.1, -0.05) is 13.0 Å². The SMILES string of the molecule is CCNCCNc1cc(C)ccc1OC. The first-order chi connectivity index (χ1) is 7.27. The first-order valence-corrected chi connectivity index (χ1v) is 5.37. The molecule has 0 amide bonds. The van der Waals surface area contributed by atoms with Gasteiger partial charge in [0, 0.05) is 13.1 Å². The van der Waals surface area contributed by atoms with Crippen LogP contribution in [0.5, 0.6) is 5.75 Å². The second-order valence-electron chi connectivity index (χ2n) is 3.48. The van der Waals surface area contributed by atoms with Crippen LogP contribution >= 0.6 is 0 Å². The molecule has 0 atom stereocenters. The summed E-state index contributed by atoms with van der Waals surface area (Å²) in [5.41, 5.74) is 2.30. The number of aryl methyl sites for hydroxylation is 1.